The highest BCUT2D eigenvalue weighted by atomic mass is 16.7. The fraction of sp³-hybridized carbons (Fsp3) is 0.758. The first-order chi connectivity index (χ1) is 21.0. The van der Waals surface area contributed by atoms with Crippen molar-refractivity contribution in [2.45, 2.75) is 92.8 Å². The molecule has 2 aromatic heterocycles. The summed E-state index contributed by atoms with van der Waals surface area (Å²) >= 11 is 0. The average Bonchev–Trinajstić information content (AvgIpc) is 3.72. The fourth-order valence-electron chi connectivity index (χ4n) is 6.41. The number of piperidine rings is 1. The number of H-pyrrole nitrogens is 1. The Morgan fingerprint density at radius 2 is 1.75 bits per heavy atom. The van der Waals surface area contributed by atoms with Gasteiger partial charge in [0.1, 0.15) is 11.6 Å². The van der Waals surface area contributed by atoms with Crippen molar-refractivity contribution in [3.8, 4) is 0 Å². The largest absolute Gasteiger partial charge is 0.428 e. The first kappa shape index (κ1) is 34.1. The van der Waals surface area contributed by atoms with Crippen LogP contribution in [0.25, 0.3) is 0 Å². The van der Waals surface area contributed by atoms with Gasteiger partial charge in [0.2, 0.25) is 6.79 Å². The number of nitrogens with zero attached hydrogens (tertiary/aromatic N) is 6. The van der Waals surface area contributed by atoms with Crippen molar-refractivity contribution >= 4 is 11.9 Å². The van der Waals surface area contributed by atoms with E-state index in [1.165, 1.54) is 52.0 Å². The third-order valence-electron chi connectivity index (χ3n) is 8.90. The number of imidazole rings is 2. The van der Waals surface area contributed by atoms with Crippen LogP contribution in [0.5, 0.6) is 0 Å². The fourth-order valence-corrected chi connectivity index (χ4v) is 6.41. The Labute approximate surface area is 263 Å². The van der Waals surface area contributed by atoms with Crippen molar-refractivity contribution in [3.63, 3.8) is 0 Å². The van der Waals surface area contributed by atoms with Crippen LogP contribution in [0.2, 0.25) is 0 Å². The Kier molecular flexibility index (Phi) is 12.4. The maximum Gasteiger partial charge on any atom is 0.314 e. The van der Waals surface area contributed by atoms with Crippen molar-refractivity contribution in [1.82, 2.24) is 34.2 Å². The van der Waals surface area contributed by atoms with Gasteiger partial charge in [-0.15, -0.1) is 0 Å². The van der Waals surface area contributed by atoms with Crippen molar-refractivity contribution in [2.75, 3.05) is 52.6 Å². The van der Waals surface area contributed by atoms with Crippen LogP contribution in [0.15, 0.2) is 24.8 Å². The molecular weight excluding hydrogens is 558 g/mol. The number of nitrogens with one attached hydrogen (secondary N) is 1. The summed E-state index contributed by atoms with van der Waals surface area (Å²) in [6.07, 6.45) is 13.5. The zero-order valence-electron chi connectivity index (χ0n) is 27.7. The van der Waals surface area contributed by atoms with Gasteiger partial charge in [0.15, 0.2) is 0 Å². The Bertz CT molecular complexity index is 1150. The zero-order chi connectivity index (χ0) is 31.6. The summed E-state index contributed by atoms with van der Waals surface area (Å²) in [5.41, 5.74) is -0.102. The van der Waals surface area contributed by atoms with Crippen LogP contribution in [0, 0.1) is 16.7 Å². The van der Waals surface area contributed by atoms with Crippen LogP contribution in [0.3, 0.4) is 0 Å². The molecule has 4 heterocycles. The molecule has 0 aromatic carbocycles. The summed E-state index contributed by atoms with van der Waals surface area (Å²) in [5, 5.41) is 0. The molecule has 11 nitrogen and oxygen atoms in total. The SMILES string of the molecule is CC(C)CN1CCC2(CC1)CCN(CCCn1ccnc1CN(CCCC(=O)OCOC(=O)C(C)(C)C)Cc1ncc[nH]1)C2. The molecule has 0 bridgehead atoms. The monoisotopic (exact) mass is 613 g/mol. The molecule has 2 aromatic rings. The first-order valence-corrected chi connectivity index (χ1v) is 16.5. The van der Waals surface area contributed by atoms with Crippen LogP contribution in [-0.2, 0) is 38.7 Å². The van der Waals surface area contributed by atoms with Gasteiger partial charge in [-0.2, -0.15) is 0 Å². The Balaban J connectivity index is 1.20. The van der Waals surface area contributed by atoms with E-state index >= 15 is 0 Å². The molecule has 246 valence electrons. The molecule has 2 aliphatic heterocycles. The van der Waals surface area contributed by atoms with Gasteiger partial charge in [0.25, 0.3) is 0 Å². The first-order valence-electron chi connectivity index (χ1n) is 16.5. The van der Waals surface area contributed by atoms with E-state index in [-0.39, 0.29) is 19.2 Å². The van der Waals surface area contributed by atoms with Crippen molar-refractivity contribution in [1.29, 1.82) is 0 Å². The molecule has 1 N–H and O–H groups in total. The molecule has 2 saturated heterocycles. The molecule has 2 aliphatic rings. The summed E-state index contributed by atoms with van der Waals surface area (Å²) in [4.78, 5) is 44.0. The van der Waals surface area contributed by atoms with E-state index in [1.54, 1.807) is 27.0 Å². The lowest BCUT2D eigenvalue weighted by Crippen LogP contribution is -2.42. The lowest BCUT2D eigenvalue weighted by Gasteiger charge is -2.40. The number of hydrogen-bond acceptors (Lipinski definition) is 9. The minimum atomic E-state index is -0.633. The van der Waals surface area contributed by atoms with Gasteiger partial charge < -0.3 is 28.8 Å². The minimum absolute atomic E-state index is 0.239. The summed E-state index contributed by atoms with van der Waals surface area (Å²) in [5.74, 6) is 1.86. The second-order valence-electron chi connectivity index (χ2n) is 14.3. The number of aryl methyl sites for hydroxylation is 1. The molecular formula is C33H55N7O4. The van der Waals surface area contributed by atoms with E-state index in [9.17, 15) is 9.59 Å². The predicted octanol–water partition coefficient (Wildman–Crippen LogP) is 4.31. The van der Waals surface area contributed by atoms with E-state index in [0.29, 0.717) is 31.5 Å². The van der Waals surface area contributed by atoms with Crippen LogP contribution in [-0.4, -0.2) is 98.8 Å². The number of ether oxygens (including phenoxy) is 2. The van der Waals surface area contributed by atoms with Gasteiger partial charge in [-0.25, -0.2) is 9.97 Å². The van der Waals surface area contributed by atoms with Gasteiger partial charge in [-0.1, -0.05) is 13.8 Å². The summed E-state index contributed by atoms with van der Waals surface area (Å²) in [6, 6.07) is 0. The van der Waals surface area contributed by atoms with Crippen molar-refractivity contribution in [2.24, 2.45) is 16.7 Å². The van der Waals surface area contributed by atoms with E-state index < -0.39 is 11.4 Å². The number of aromatic amines is 1. The lowest BCUT2D eigenvalue weighted by atomic mass is 9.77. The van der Waals surface area contributed by atoms with E-state index in [2.05, 4.69) is 54.3 Å². The minimum Gasteiger partial charge on any atom is -0.428 e. The number of hydrogen-bond donors (Lipinski definition) is 1. The molecule has 0 aliphatic carbocycles. The topological polar surface area (TPSA) is 109 Å². The Morgan fingerprint density at radius 3 is 2.43 bits per heavy atom. The number of carbonyl (C=O) groups excluding carboxylic acids is 2. The van der Waals surface area contributed by atoms with Gasteiger partial charge in [0, 0.05) is 50.8 Å². The second-order valence-corrected chi connectivity index (χ2v) is 14.3. The number of esters is 2. The molecule has 4 rings (SSSR count). The third kappa shape index (κ3) is 10.7. The number of aromatic nitrogens is 4. The Morgan fingerprint density at radius 1 is 1.00 bits per heavy atom. The molecule has 0 atom stereocenters. The van der Waals surface area contributed by atoms with Crippen LogP contribution < -0.4 is 0 Å². The molecule has 2 fully saturated rings. The van der Waals surface area contributed by atoms with Gasteiger partial charge in [-0.3, -0.25) is 14.5 Å². The summed E-state index contributed by atoms with van der Waals surface area (Å²) < 4.78 is 12.4. The predicted molar refractivity (Wildman–Crippen MR) is 169 cm³/mol. The highest BCUT2D eigenvalue weighted by Crippen LogP contribution is 2.40. The van der Waals surface area contributed by atoms with Crippen LogP contribution in [0.4, 0.5) is 0 Å². The number of carbonyl (C=O) groups is 2. The lowest BCUT2D eigenvalue weighted by molar-refractivity contribution is -0.173. The molecule has 44 heavy (non-hydrogen) atoms. The average molecular weight is 614 g/mol. The molecule has 0 amide bonds. The number of rotatable bonds is 16. The molecule has 1 spiro atoms. The molecule has 0 radical (unpaired) electrons. The Hall–Kier alpha value is -2.76. The van der Waals surface area contributed by atoms with Gasteiger partial charge in [0.05, 0.1) is 18.5 Å². The zero-order valence-corrected chi connectivity index (χ0v) is 27.7. The standard InChI is InChI=1S/C33H55N7O4/c1-27(2)22-37-18-9-33(10-19-37)11-20-38(25-33)16-7-17-40-21-14-36-29(40)24-39(23-28-34-12-13-35-28)15-6-8-30(41)43-26-44-31(42)32(3,4)5/h12-14,21,27H,6-11,15-20,22-26H2,1-5H3,(H,34,35). The second kappa shape index (κ2) is 16.0. The maximum atomic E-state index is 12.2. The molecule has 0 unspecified atom stereocenters. The quantitative estimate of drug-likeness (QED) is 0.219. The summed E-state index contributed by atoms with van der Waals surface area (Å²) in [6.45, 7) is 19.8. The van der Waals surface area contributed by atoms with Gasteiger partial charge >= 0.3 is 11.9 Å². The highest BCUT2D eigenvalue weighted by molar-refractivity contribution is 5.75. The van der Waals surface area contributed by atoms with Crippen molar-refractivity contribution < 1.29 is 19.1 Å². The highest BCUT2D eigenvalue weighted by Gasteiger charge is 2.40. The van der Waals surface area contributed by atoms with Gasteiger partial charge in [-0.05, 0) is 96.9 Å². The smallest absolute Gasteiger partial charge is 0.314 e. The normalized spacial score (nSPS) is 17.6. The van der Waals surface area contributed by atoms with E-state index in [1.807, 2.05) is 12.4 Å². The van der Waals surface area contributed by atoms with Crippen LogP contribution >= 0.6 is 0 Å². The molecule has 11 heteroatoms. The van der Waals surface area contributed by atoms with Crippen LogP contribution in [0.1, 0.15) is 84.8 Å². The third-order valence-corrected chi connectivity index (χ3v) is 8.90. The molecule has 0 saturated carbocycles. The number of likely N-dealkylation sites (tertiary alicyclic amines) is 2. The van der Waals surface area contributed by atoms with Crippen molar-refractivity contribution in [3.05, 3.63) is 36.4 Å². The summed E-state index contributed by atoms with van der Waals surface area (Å²) in [7, 11) is 0. The van der Waals surface area contributed by atoms with E-state index in [4.69, 9.17) is 9.47 Å². The van der Waals surface area contributed by atoms with E-state index in [0.717, 1.165) is 37.1 Å². The maximum absolute atomic E-state index is 12.2.